The standard InChI is InChI=1S/C26H50ClNO3Si/c1-7-8-11-15-22(31-32(5,6)26(2,3)4)16-14-20-28-21-19-23(27)24(28)17-12-9-10-13-18-25(29)30/h9,12,22-24H,7-8,10-11,13-21H2,1-6H3,(H,29,30)/t22?,23-,24-/m1/s1. The first-order valence-electron chi connectivity index (χ1n) is 12.9. The quantitative estimate of drug-likeness (QED) is 0.105. The zero-order chi connectivity index (χ0) is 24.2. The summed E-state index contributed by atoms with van der Waals surface area (Å²) in [4.78, 5) is 13.2. The minimum Gasteiger partial charge on any atom is -0.481 e. The summed E-state index contributed by atoms with van der Waals surface area (Å²) < 4.78 is 6.82. The molecule has 0 aromatic rings. The lowest BCUT2D eigenvalue weighted by Gasteiger charge is -2.39. The summed E-state index contributed by atoms with van der Waals surface area (Å²) in [6, 6.07) is 0.396. The van der Waals surface area contributed by atoms with E-state index in [-0.39, 0.29) is 16.8 Å². The van der Waals surface area contributed by atoms with Crippen molar-refractivity contribution in [2.45, 2.75) is 134 Å². The van der Waals surface area contributed by atoms with Crippen LogP contribution in [0.2, 0.25) is 18.1 Å². The van der Waals surface area contributed by atoms with E-state index >= 15 is 0 Å². The number of carboxylic acid groups (broad SMARTS) is 1. The Kier molecular flexibility index (Phi) is 13.7. The first kappa shape index (κ1) is 29.7. The summed E-state index contributed by atoms with van der Waals surface area (Å²) in [5.74, 6) is -0.716. The molecule has 6 heteroatoms. The van der Waals surface area contributed by atoms with Gasteiger partial charge in [-0.25, -0.2) is 0 Å². The molecule has 0 radical (unpaired) electrons. The summed E-state index contributed by atoms with van der Waals surface area (Å²) in [5.41, 5.74) is 0. The largest absolute Gasteiger partial charge is 0.481 e. The third-order valence-corrected chi connectivity index (χ3v) is 12.3. The van der Waals surface area contributed by atoms with E-state index in [1.807, 2.05) is 0 Å². The second-order valence-electron chi connectivity index (χ2n) is 11.0. The van der Waals surface area contributed by atoms with Gasteiger partial charge in [0.15, 0.2) is 8.32 Å². The van der Waals surface area contributed by atoms with Gasteiger partial charge in [0.05, 0.1) is 5.38 Å². The van der Waals surface area contributed by atoms with E-state index in [9.17, 15) is 4.79 Å². The van der Waals surface area contributed by atoms with E-state index in [1.54, 1.807) is 0 Å². The van der Waals surface area contributed by atoms with Crippen LogP contribution in [0.5, 0.6) is 0 Å². The number of rotatable bonds is 16. The van der Waals surface area contributed by atoms with Gasteiger partial charge in [0.1, 0.15) is 0 Å². The van der Waals surface area contributed by atoms with Gasteiger partial charge in [-0.05, 0) is 76.2 Å². The predicted molar refractivity (Wildman–Crippen MR) is 140 cm³/mol. The number of hydrogen-bond acceptors (Lipinski definition) is 3. The summed E-state index contributed by atoms with van der Waals surface area (Å²) >= 11 is 6.65. The summed E-state index contributed by atoms with van der Waals surface area (Å²) in [5, 5.41) is 9.20. The molecule has 3 atom stereocenters. The smallest absolute Gasteiger partial charge is 0.303 e. The highest BCUT2D eigenvalue weighted by atomic mass is 35.5. The first-order valence-corrected chi connectivity index (χ1v) is 16.2. The number of alkyl halides is 1. The van der Waals surface area contributed by atoms with Gasteiger partial charge in [-0.2, -0.15) is 0 Å². The Labute approximate surface area is 204 Å². The lowest BCUT2D eigenvalue weighted by atomic mass is 10.1. The predicted octanol–water partition coefficient (Wildman–Crippen LogP) is 7.62. The highest BCUT2D eigenvalue weighted by molar-refractivity contribution is 6.74. The normalized spacial score (nSPS) is 21.5. The molecule has 0 aliphatic carbocycles. The average Bonchev–Trinajstić information content (AvgIpc) is 3.03. The number of likely N-dealkylation sites (tertiary alicyclic amines) is 1. The Hall–Kier alpha value is -0.363. The van der Waals surface area contributed by atoms with Gasteiger partial charge in [0.2, 0.25) is 0 Å². The average molecular weight is 488 g/mol. The molecule has 1 aliphatic rings. The van der Waals surface area contributed by atoms with Gasteiger partial charge in [0, 0.05) is 18.6 Å². The lowest BCUT2D eigenvalue weighted by Crippen LogP contribution is -2.44. The molecular formula is C26H50ClNO3Si. The molecule has 0 spiro atoms. The number of unbranched alkanes of at least 4 members (excludes halogenated alkanes) is 3. The topological polar surface area (TPSA) is 49.8 Å². The van der Waals surface area contributed by atoms with Crippen LogP contribution >= 0.6 is 11.6 Å². The van der Waals surface area contributed by atoms with Crippen molar-refractivity contribution in [2.75, 3.05) is 13.1 Å². The second kappa shape index (κ2) is 14.8. The molecule has 4 nitrogen and oxygen atoms in total. The van der Waals surface area contributed by atoms with Crippen molar-refractivity contribution in [3.05, 3.63) is 12.2 Å². The molecule has 32 heavy (non-hydrogen) atoms. The third kappa shape index (κ3) is 11.2. The molecule has 1 fully saturated rings. The van der Waals surface area contributed by atoms with Crippen molar-refractivity contribution < 1.29 is 14.3 Å². The molecule has 1 saturated heterocycles. The molecule has 0 amide bonds. The summed E-state index contributed by atoms with van der Waals surface area (Å²) in [6.45, 7) is 16.2. The minimum absolute atomic E-state index is 0.211. The van der Waals surface area contributed by atoms with E-state index in [0.29, 0.717) is 18.6 Å². The minimum atomic E-state index is -1.75. The van der Waals surface area contributed by atoms with E-state index in [2.05, 4.69) is 57.8 Å². The maximum Gasteiger partial charge on any atom is 0.303 e. The maximum atomic E-state index is 10.6. The maximum absolute atomic E-state index is 10.6. The molecule has 0 aromatic heterocycles. The van der Waals surface area contributed by atoms with Crippen LogP contribution in [0.3, 0.4) is 0 Å². The number of carbonyl (C=O) groups is 1. The summed E-state index contributed by atoms with van der Waals surface area (Å²) in [7, 11) is -1.75. The van der Waals surface area contributed by atoms with Crippen LogP contribution in [0.4, 0.5) is 0 Å². The highest BCUT2D eigenvalue weighted by Crippen LogP contribution is 2.38. The zero-order valence-corrected chi connectivity index (χ0v) is 23.4. The van der Waals surface area contributed by atoms with Gasteiger partial charge in [-0.3, -0.25) is 9.69 Å². The number of allylic oxidation sites excluding steroid dienone is 1. The van der Waals surface area contributed by atoms with Crippen molar-refractivity contribution in [1.29, 1.82) is 0 Å². The van der Waals surface area contributed by atoms with Crippen LogP contribution in [0, 0.1) is 0 Å². The van der Waals surface area contributed by atoms with Crippen LogP contribution in [0.25, 0.3) is 0 Å². The molecule has 188 valence electrons. The fourth-order valence-corrected chi connectivity index (χ4v) is 5.96. The zero-order valence-electron chi connectivity index (χ0n) is 21.7. The van der Waals surface area contributed by atoms with Crippen molar-refractivity contribution in [3.8, 4) is 0 Å². The Morgan fingerprint density at radius 1 is 1.19 bits per heavy atom. The lowest BCUT2D eigenvalue weighted by molar-refractivity contribution is -0.137. The third-order valence-electron chi connectivity index (χ3n) is 7.25. The van der Waals surface area contributed by atoms with Crippen LogP contribution in [-0.4, -0.2) is 54.9 Å². The fraction of sp³-hybridized carbons (Fsp3) is 0.885. The van der Waals surface area contributed by atoms with Gasteiger partial charge < -0.3 is 9.53 Å². The van der Waals surface area contributed by atoms with Crippen LogP contribution in [-0.2, 0) is 9.22 Å². The molecule has 0 bridgehead atoms. The van der Waals surface area contributed by atoms with Crippen LogP contribution in [0.15, 0.2) is 12.2 Å². The highest BCUT2D eigenvalue weighted by Gasteiger charge is 2.39. The fourth-order valence-electron chi connectivity index (χ4n) is 4.17. The number of carboxylic acids is 1. The molecule has 0 saturated carbocycles. The van der Waals surface area contributed by atoms with Gasteiger partial charge in [0.25, 0.3) is 0 Å². The molecule has 1 heterocycles. The summed E-state index contributed by atoms with van der Waals surface area (Å²) in [6.07, 6.45) is 15.8. The van der Waals surface area contributed by atoms with E-state index in [4.69, 9.17) is 21.1 Å². The Bertz CT molecular complexity index is 562. The van der Waals surface area contributed by atoms with Crippen molar-refractivity contribution in [1.82, 2.24) is 4.90 Å². The number of nitrogens with zero attached hydrogens (tertiary/aromatic N) is 1. The molecule has 0 aromatic carbocycles. The number of aliphatic carboxylic acids is 1. The first-order chi connectivity index (χ1) is 15.0. The molecule has 1 aliphatic heterocycles. The Morgan fingerprint density at radius 3 is 2.50 bits per heavy atom. The number of halogens is 1. The molecule has 1 rings (SSSR count). The Balaban J connectivity index is 2.53. The Morgan fingerprint density at radius 2 is 1.88 bits per heavy atom. The number of hydrogen-bond donors (Lipinski definition) is 1. The van der Waals surface area contributed by atoms with Crippen LogP contribution < -0.4 is 0 Å². The second-order valence-corrected chi connectivity index (χ2v) is 16.4. The van der Waals surface area contributed by atoms with Gasteiger partial charge in [-0.15, -0.1) is 11.6 Å². The van der Waals surface area contributed by atoms with E-state index < -0.39 is 14.3 Å². The van der Waals surface area contributed by atoms with Crippen molar-refractivity contribution in [3.63, 3.8) is 0 Å². The molecular weight excluding hydrogens is 438 g/mol. The monoisotopic (exact) mass is 487 g/mol. The molecule has 1 unspecified atom stereocenters. The van der Waals surface area contributed by atoms with E-state index in [1.165, 1.54) is 25.7 Å². The molecule has 1 N–H and O–H groups in total. The van der Waals surface area contributed by atoms with Crippen molar-refractivity contribution >= 4 is 25.9 Å². The van der Waals surface area contributed by atoms with E-state index in [0.717, 1.165) is 45.2 Å². The SMILES string of the molecule is CCCCCC(CCCN1CC[C@@H](Cl)[C@H]1CC=CCCCC(=O)O)O[Si](C)(C)C(C)(C)C. The van der Waals surface area contributed by atoms with Gasteiger partial charge in [-0.1, -0.05) is 59.1 Å². The van der Waals surface area contributed by atoms with Crippen molar-refractivity contribution in [2.24, 2.45) is 0 Å². The van der Waals surface area contributed by atoms with Crippen LogP contribution in [0.1, 0.15) is 98.3 Å². The van der Waals surface area contributed by atoms with Gasteiger partial charge >= 0.3 is 5.97 Å².